The zero-order chi connectivity index (χ0) is 74.8. The van der Waals surface area contributed by atoms with Gasteiger partial charge in [-0.1, -0.05) is 254 Å². The first kappa shape index (κ1) is 64.8. The lowest BCUT2D eigenvalue weighted by molar-refractivity contribution is 0.668. The summed E-state index contributed by atoms with van der Waals surface area (Å²) in [5.74, 6) is 0. The second-order valence-corrected chi connectivity index (χ2v) is 31.1. The smallest absolute Gasteiger partial charge is 0.137 e. The SMILES string of the molecule is Cc1ccc(-n2c3ccccc3c3c4c(ccc32)Cc2ccccc2-4)cc1.Cc1cccc(-n2c3ccccc3c3c4c(ccc32)Cc2ccccc2-4)c1.Cn1c2ccccc2c2c3c(ccc21)Cc1ccccc1-3.Cn1c2ccccc2c2c3c4ccccc4n(-c4ccc5c(c4)oc4ccccc45)c3c3ccccc3c21. The maximum absolute atomic E-state index is 6.32. The lowest BCUT2D eigenvalue weighted by Crippen LogP contribution is -1.95. The van der Waals surface area contributed by atoms with Gasteiger partial charge in [0.15, 0.2) is 0 Å². The Kier molecular flexibility index (Phi) is 14.4. The summed E-state index contributed by atoms with van der Waals surface area (Å²) < 4.78 is 18.2. The highest BCUT2D eigenvalue weighted by molar-refractivity contribution is 6.37. The average Bonchev–Trinajstić information content (AvgIpc) is 1.53. The third-order valence-corrected chi connectivity index (χ3v) is 24.9. The van der Waals surface area contributed by atoms with Gasteiger partial charge in [0.2, 0.25) is 0 Å². The molecule has 6 aromatic heterocycles. The Labute approximate surface area is 652 Å². The van der Waals surface area contributed by atoms with Gasteiger partial charge in [-0.25, -0.2) is 0 Å². The van der Waals surface area contributed by atoms with Crippen LogP contribution in [0.3, 0.4) is 0 Å². The minimum atomic E-state index is 0.908. The van der Waals surface area contributed by atoms with Crippen molar-refractivity contribution < 1.29 is 4.42 Å². The number of para-hydroxylation sites is 6. The number of aromatic nitrogens is 5. The molecule has 23 aromatic rings. The van der Waals surface area contributed by atoms with E-state index in [1.165, 1.54) is 209 Å². The fourth-order valence-electron chi connectivity index (χ4n) is 20.0. The van der Waals surface area contributed by atoms with Crippen molar-refractivity contribution in [3.8, 4) is 50.4 Å². The van der Waals surface area contributed by atoms with E-state index in [1.54, 1.807) is 0 Å². The van der Waals surface area contributed by atoms with E-state index in [-0.39, 0.29) is 0 Å². The van der Waals surface area contributed by atoms with Crippen LogP contribution < -0.4 is 0 Å². The molecule has 0 unspecified atom stereocenters. The van der Waals surface area contributed by atoms with Gasteiger partial charge in [0.1, 0.15) is 11.2 Å². The van der Waals surface area contributed by atoms with Crippen molar-refractivity contribution in [3.05, 3.63) is 390 Å². The van der Waals surface area contributed by atoms with Crippen molar-refractivity contribution >= 4 is 142 Å². The molecule has 113 heavy (non-hydrogen) atoms. The maximum Gasteiger partial charge on any atom is 0.137 e. The monoisotopic (exact) mass is 1450 g/mol. The second kappa shape index (κ2) is 25.2. The van der Waals surface area contributed by atoms with E-state index in [2.05, 4.69) is 384 Å². The Balaban J connectivity index is 0.0000000916. The molecule has 6 heterocycles. The minimum absolute atomic E-state index is 0.908. The predicted molar refractivity (Wildman–Crippen MR) is 476 cm³/mol. The van der Waals surface area contributed by atoms with Crippen molar-refractivity contribution in [2.45, 2.75) is 33.1 Å². The Morgan fingerprint density at radius 1 is 0.221 bits per heavy atom. The van der Waals surface area contributed by atoms with Crippen LogP contribution in [0.2, 0.25) is 0 Å². The molecule has 0 spiro atoms. The molecule has 0 radical (unpaired) electrons. The summed E-state index contributed by atoms with van der Waals surface area (Å²) in [5, 5.41) is 18.2. The fraction of sp³-hybridized carbons (Fsp3) is 0.0654. The lowest BCUT2D eigenvalue weighted by atomic mass is 9.99. The first-order valence-corrected chi connectivity index (χ1v) is 39.5. The van der Waals surface area contributed by atoms with E-state index >= 15 is 0 Å². The number of benzene rings is 17. The largest absolute Gasteiger partial charge is 0.456 e. The molecule has 0 saturated heterocycles. The van der Waals surface area contributed by atoms with Gasteiger partial charge in [0, 0.05) is 129 Å². The minimum Gasteiger partial charge on any atom is -0.456 e. The van der Waals surface area contributed by atoms with Gasteiger partial charge < -0.3 is 27.3 Å². The molecule has 0 amide bonds. The average molecular weight is 1450 g/mol. The van der Waals surface area contributed by atoms with Crippen molar-refractivity contribution in [1.29, 1.82) is 0 Å². The van der Waals surface area contributed by atoms with E-state index < -0.39 is 0 Å². The second-order valence-electron chi connectivity index (χ2n) is 31.1. The summed E-state index contributed by atoms with van der Waals surface area (Å²) in [6.45, 7) is 4.30. The molecule has 17 aromatic carbocycles. The van der Waals surface area contributed by atoms with Gasteiger partial charge in [-0.15, -0.1) is 0 Å². The maximum atomic E-state index is 6.32. The van der Waals surface area contributed by atoms with E-state index in [0.717, 1.165) is 46.9 Å². The summed E-state index contributed by atoms with van der Waals surface area (Å²) in [6.07, 6.45) is 3.13. The van der Waals surface area contributed by atoms with Crippen molar-refractivity contribution in [2.24, 2.45) is 14.1 Å². The van der Waals surface area contributed by atoms with Gasteiger partial charge in [0.25, 0.3) is 0 Å². The summed E-state index contributed by atoms with van der Waals surface area (Å²) in [5.41, 5.74) is 37.8. The standard InChI is InChI=1S/C35H22N2O.2C26H19N.C20H15N/c1-36-28-15-7-4-13-26(28)32-33-27-14-5-8-16-29(27)37(35(33)25-12-3-2-11-24(25)34(32)36)21-18-19-23-22-10-6-9-17-30(22)38-31(23)20-21;1-17-7-6-9-20(15-17)27-23-12-5-4-11-22(23)26-24(27)14-13-19-16-18-8-2-3-10-21(18)25(19)26;1-17-10-13-20(14-11-17)27-23-9-5-4-8-22(23)26-24(27)15-12-19-16-18-6-2-3-7-21(18)25(19)26;1-21-17-9-5-4-8-16(17)20-18(21)11-10-14-12-13-6-2-3-7-15(13)19(14)20/h2-20H,1H3;2*2-15H,16H2,1H3;2-11H,12H2,1H3. The van der Waals surface area contributed by atoms with Crippen LogP contribution in [0.4, 0.5) is 0 Å². The number of fused-ring (bicyclic) bond motifs is 34. The molecule has 3 aliphatic carbocycles. The van der Waals surface area contributed by atoms with E-state index in [1.807, 2.05) is 12.1 Å². The molecule has 0 bridgehead atoms. The van der Waals surface area contributed by atoms with Crippen LogP contribution in [0.5, 0.6) is 0 Å². The van der Waals surface area contributed by atoms with E-state index in [0.29, 0.717) is 0 Å². The molecule has 6 nitrogen and oxygen atoms in total. The molecule has 0 N–H and O–H groups in total. The van der Waals surface area contributed by atoms with Crippen LogP contribution in [0.15, 0.2) is 350 Å². The molecule has 0 aliphatic heterocycles. The number of furan rings is 1. The zero-order valence-electron chi connectivity index (χ0n) is 63.2. The Morgan fingerprint density at radius 2 is 0.602 bits per heavy atom. The Bertz CT molecular complexity index is 7950. The highest BCUT2D eigenvalue weighted by Gasteiger charge is 2.29. The summed E-state index contributed by atoms with van der Waals surface area (Å²) in [4.78, 5) is 0. The van der Waals surface area contributed by atoms with Gasteiger partial charge in [0.05, 0.1) is 38.6 Å². The third kappa shape index (κ3) is 9.73. The quantitative estimate of drug-likeness (QED) is 0.174. The van der Waals surface area contributed by atoms with Gasteiger partial charge in [-0.05, 0) is 196 Å². The normalized spacial score (nSPS) is 12.5. The fourth-order valence-corrected chi connectivity index (χ4v) is 20.0. The molecule has 534 valence electrons. The molecular weight excluding hydrogens is 1370 g/mol. The van der Waals surface area contributed by atoms with Crippen LogP contribution in [0.1, 0.15) is 44.5 Å². The van der Waals surface area contributed by atoms with Crippen molar-refractivity contribution in [2.75, 3.05) is 0 Å². The molecule has 0 atom stereocenters. The number of hydrogen-bond acceptors (Lipinski definition) is 1. The van der Waals surface area contributed by atoms with Crippen LogP contribution in [-0.2, 0) is 33.4 Å². The van der Waals surface area contributed by atoms with Gasteiger partial charge >= 0.3 is 0 Å². The first-order chi connectivity index (χ1) is 55.8. The summed E-state index contributed by atoms with van der Waals surface area (Å²) >= 11 is 0. The third-order valence-electron chi connectivity index (χ3n) is 24.9. The molecule has 0 saturated carbocycles. The van der Waals surface area contributed by atoms with Crippen LogP contribution in [-0.4, -0.2) is 22.8 Å². The Hall–Kier alpha value is -14.2. The molecule has 0 fully saturated rings. The van der Waals surface area contributed by atoms with Crippen LogP contribution >= 0.6 is 0 Å². The number of hydrogen-bond donors (Lipinski definition) is 0. The Morgan fingerprint density at radius 3 is 1.15 bits per heavy atom. The summed E-state index contributed by atoms with van der Waals surface area (Å²) in [6, 6.07) is 126. The highest BCUT2D eigenvalue weighted by atomic mass is 16.3. The van der Waals surface area contributed by atoms with E-state index in [9.17, 15) is 0 Å². The molecule has 26 rings (SSSR count). The molecule has 3 aliphatic rings. The van der Waals surface area contributed by atoms with Crippen LogP contribution in [0, 0.1) is 13.8 Å². The highest BCUT2D eigenvalue weighted by Crippen LogP contribution is 2.51. The van der Waals surface area contributed by atoms with Crippen molar-refractivity contribution in [1.82, 2.24) is 22.8 Å². The summed E-state index contributed by atoms with van der Waals surface area (Å²) in [7, 11) is 4.36. The molecular formula is C107H75N5O. The first-order valence-electron chi connectivity index (χ1n) is 39.5. The van der Waals surface area contributed by atoms with Crippen molar-refractivity contribution in [3.63, 3.8) is 0 Å². The van der Waals surface area contributed by atoms with Gasteiger partial charge in [-0.3, -0.25) is 0 Å². The van der Waals surface area contributed by atoms with E-state index in [4.69, 9.17) is 4.42 Å². The van der Waals surface area contributed by atoms with Gasteiger partial charge in [-0.2, -0.15) is 0 Å². The van der Waals surface area contributed by atoms with Crippen LogP contribution in [0.25, 0.3) is 192 Å². The molecule has 6 heteroatoms. The number of rotatable bonds is 3. The zero-order valence-corrected chi connectivity index (χ0v) is 63.2. The lowest BCUT2D eigenvalue weighted by Gasteiger charge is -2.11. The number of aryl methyl sites for hydroxylation is 4. The topological polar surface area (TPSA) is 37.8 Å². The predicted octanol–water partition coefficient (Wildman–Crippen LogP) is 27.7. The number of nitrogens with zero attached hydrogens (tertiary/aromatic N) is 5.